The summed E-state index contributed by atoms with van der Waals surface area (Å²) >= 11 is 1.68. The summed E-state index contributed by atoms with van der Waals surface area (Å²) in [4.78, 5) is 14.1. The second-order valence-electron chi connectivity index (χ2n) is 5.81. The monoisotopic (exact) mass is 351 g/mol. The molecule has 1 unspecified atom stereocenters. The minimum atomic E-state index is -0.215. The lowest BCUT2D eigenvalue weighted by molar-refractivity contribution is -0.122. The van der Waals surface area contributed by atoms with Gasteiger partial charge in [-0.2, -0.15) is 0 Å². The summed E-state index contributed by atoms with van der Waals surface area (Å²) in [6.07, 6.45) is 0.699. The molecule has 0 aliphatic heterocycles. The summed E-state index contributed by atoms with van der Waals surface area (Å²) in [7, 11) is 1.64. The molecule has 0 fully saturated rings. The number of hydrogen-bond acceptors (Lipinski definition) is 3. The van der Waals surface area contributed by atoms with Crippen LogP contribution in [0.1, 0.15) is 21.9 Å². The van der Waals surface area contributed by atoms with Gasteiger partial charge in [-0.25, -0.2) is 0 Å². The Hall–Kier alpha value is -2.59. The van der Waals surface area contributed by atoms with Gasteiger partial charge in [0.05, 0.1) is 13.0 Å². The highest BCUT2D eigenvalue weighted by Gasteiger charge is 2.21. The Bertz CT molecular complexity index is 783. The van der Waals surface area contributed by atoms with Gasteiger partial charge in [-0.1, -0.05) is 48.5 Å². The molecule has 1 atom stereocenters. The van der Waals surface area contributed by atoms with Crippen LogP contribution >= 0.6 is 11.3 Å². The van der Waals surface area contributed by atoms with Crippen LogP contribution in [0.3, 0.4) is 0 Å². The molecule has 0 saturated carbocycles. The van der Waals surface area contributed by atoms with E-state index in [0.717, 1.165) is 16.9 Å². The van der Waals surface area contributed by atoms with Gasteiger partial charge >= 0.3 is 0 Å². The van der Waals surface area contributed by atoms with Crippen molar-refractivity contribution in [2.75, 3.05) is 7.11 Å². The van der Waals surface area contributed by atoms with Crippen molar-refractivity contribution in [2.24, 2.45) is 0 Å². The molecule has 2 aromatic carbocycles. The number of hydrogen-bond donors (Lipinski definition) is 1. The van der Waals surface area contributed by atoms with Crippen molar-refractivity contribution in [1.82, 2.24) is 5.32 Å². The Morgan fingerprint density at radius 3 is 2.44 bits per heavy atom. The molecular formula is C21H21NO2S. The maximum absolute atomic E-state index is 12.9. The lowest BCUT2D eigenvalue weighted by Crippen LogP contribution is -2.30. The van der Waals surface area contributed by atoms with Crippen LogP contribution in [0.15, 0.2) is 72.1 Å². The molecule has 3 rings (SSSR count). The number of amides is 1. The van der Waals surface area contributed by atoms with Crippen molar-refractivity contribution < 1.29 is 9.53 Å². The number of rotatable bonds is 7. The van der Waals surface area contributed by atoms with E-state index in [-0.39, 0.29) is 11.8 Å². The van der Waals surface area contributed by atoms with Gasteiger partial charge in [0.25, 0.3) is 0 Å². The predicted octanol–water partition coefficient (Wildman–Crippen LogP) is 4.40. The first-order chi connectivity index (χ1) is 12.3. The van der Waals surface area contributed by atoms with Crippen LogP contribution in [0.2, 0.25) is 0 Å². The van der Waals surface area contributed by atoms with Gasteiger partial charge in [0, 0.05) is 11.4 Å². The lowest BCUT2D eigenvalue weighted by atomic mass is 9.94. The average molecular weight is 351 g/mol. The minimum absolute atomic E-state index is 0.0439. The molecule has 3 nitrogen and oxygen atoms in total. The Balaban J connectivity index is 1.75. The van der Waals surface area contributed by atoms with Gasteiger partial charge in [-0.15, -0.1) is 11.3 Å². The first kappa shape index (κ1) is 17.2. The third-order valence-corrected chi connectivity index (χ3v) is 5.03. The topological polar surface area (TPSA) is 38.3 Å². The molecule has 128 valence electrons. The molecular weight excluding hydrogens is 330 g/mol. The molecule has 1 amide bonds. The van der Waals surface area contributed by atoms with Crippen LogP contribution in [0.4, 0.5) is 0 Å². The normalized spacial score (nSPS) is 11.7. The van der Waals surface area contributed by atoms with Crippen molar-refractivity contribution >= 4 is 17.2 Å². The second kappa shape index (κ2) is 8.49. The van der Waals surface area contributed by atoms with Crippen LogP contribution in [0, 0.1) is 0 Å². The largest absolute Gasteiger partial charge is 0.497 e. The van der Waals surface area contributed by atoms with E-state index < -0.39 is 0 Å². The van der Waals surface area contributed by atoms with Gasteiger partial charge in [-0.3, -0.25) is 4.79 Å². The first-order valence-corrected chi connectivity index (χ1v) is 9.12. The van der Waals surface area contributed by atoms with Crippen molar-refractivity contribution in [3.8, 4) is 5.75 Å². The molecule has 3 aromatic rings. The summed E-state index contributed by atoms with van der Waals surface area (Å²) in [5, 5.41) is 5.12. The van der Waals surface area contributed by atoms with E-state index in [4.69, 9.17) is 4.74 Å². The number of ether oxygens (including phenoxy) is 1. The molecule has 25 heavy (non-hydrogen) atoms. The van der Waals surface area contributed by atoms with Gasteiger partial charge < -0.3 is 10.1 Å². The second-order valence-corrected chi connectivity index (χ2v) is 6.84. The summed E-state index contributed by atoms with van der Waals surface area (Å²) in [6, 6.07) is 21.8. The number of methoxy groups -OCH3 is 1. The third kappa shape index (κ3) is 4.70. The Morgan fingerprint density at radius 1 is 1.04 bits per heavy atom. The maximum Gasteiger partial charge on any atom is 0.228 e. The van der Waals surface area contributed by atoms with E-state index in [9.17, 15) is 4.79 Å². The molecule has 1 aromatic heterocycles. The smallest absolute Gasteiger partial charge is 0.228 e. The van der Waals surface area contributed by atoms with E-state index in [1.165, 1.54) is 4.88 Å². The fourth-order valence-corrected chi connectivity index (χ4v) is 3.49. The van der Waals surface area contributed by atoms with Gasteiger partial charge in [-0.05, 0) is 41.1 Å². The molecule has 0 aliphatic carbocycles. The van der Waals surface area contributed by atoms with Crippen LogP contribution in [0.25, 0.3) is 0 Å². The molecule has 0 radical (unpaired) electrons. The van der Waals surface area contributed by atoms with E-state index in [1.54, 1.807) is 18.4 Å². The number of nitrogens with one attached hydrogen (secondary N) is 1. The van der Waals surface area contributed by atoms with E-state index in [1.807, 2.05) is 66.0 Å². The minimum Gasteiger partial charge on any atom is -0.497 e. The molecule has 4 heteroatoms. The highest BCUT2D eigenvalue weighted by molar-refractivity contribution is 7.09. The SMILES string of the molecule is COc1ccc(C(Cc2cccs2)C(=O)NCc2ccccc2)cc1. The molecule has 0 saturated heterocycles. The predicted molar refractivity (Wildman–Crippen MR) is 102 cm³/mol. The van der Waals surface area contributed by atoms with Crippen LogP contribution in [0.5, 0.6) is 5.75 Å². The van der Waals surface area contributed by atoms with Crippen molar-refractivity contribution in [2.45, 2.75) is 18.9 Å². The van der Waals surface area contributed by atoms with Gasteiger partial charge in [0.2, 0.25) is 5.91 Å². The Kier molecular flexibility index (Phi) is 5.86. The fourth-order valence-electron chi connectivity index (χ4n) is 2.74. The summed E-state index contributed by atoms with van der Waals surface area (Å²) in [5.41, 5.74) is 2.10. The highest BCUT2D eigenvalue weighted by atomic mass is 32.1. The molecule has 0 spiro atoms. The number of carbonyl (C=O) groups is 1. The van der Waals surface area contributed by atoms with Crippen LogP contribution in [-0.4, -0.2) is 13.0 Å². The number of thiophene rings is 1. The zero-order chi connectivity index (χ0) is 17.5. The quantitative estimate of drug-likeness (QED) is 0.685. The first-order valence-electron chi connectivity index (χ1n) is 8.24. The summed E-state index contributed by atoms with van der Waals surface area (Å²) < 4.78 is 5.22. The molecule has 0 aliphatic rings. The zero-order valence-electron chi connectivity index (χ0n) is 14.1. The zero-order valence-corrected chi connectivity index (χ0v) is 15.0. The Labute approximate surface area is 152 Å². The van der Waals surface area contributed by atoms with E-state index in [2.05, 4.69) is 11.4 Å². The summed E-state index contributed by atoms with van der Waals surface area (Å²) in [6.45, 7) is 0.538. The molecule has 0 bridgehead atoms. The molecule has 1 N–H and O–H groups in total. The lowest BCUT2D eigenvalue weighted by Gasteiger charge is -2.17. The fraction of sp³-hybridized carbons (Fsp3) is 0.190. The van der Waals surface area contributed by atoms with Gasteiger partial charge in [0.15, 0.2) is 0 Å². The number of carbonyl (C=O) groups excluding carboxylic acids is 1. The summed E-state index contributed by atoms with van der Waals surface area (Å²) in [5.74, 6) is 0.624. The molecule has 1 heterocycles. The van der Waals surface area contributed by atoms with Crippen molar-refractivity contribution in [3.05, 3.63) is 88.1 Å². The number of benzene rings is 2. The van der Waals surface area contributed by atoms with E-state index >= 15 is 0 Å². The van der Waals surface area contributed by atoms with Crippen molar-refractivity contribution in [1.29, 1.82) is 0 Å². The highest BCUT2D eigenvalue weighted by Crippen LogP contribution is 2.25. The Morgan fingerprint density at radius 2 is 1.80 bits per heavy atom. The maximum atomic E-state index is 12.9. The van der Waals surface area contributed by atoms with Crippen molar-refractivity contribution in [3.63, 3.8) is 0 Å². The average Bonchev–Trinajstić information content (AvgIpc) is 3.18. The van der Waals surface area contributed by atoms with E-state index in [0.29, 0.717) is 13.0 Å². The van der Waals surface area contributed by atoms with Gasteiger partial charge in [0.1, 0.15) is 5.75 Å². The van der Waals surface area contributed by atoms with Crippen LogP contribution in [-0.2, 0) is 17.8 Å². The third-order valence-electron chi connectivity index (χ3n) is 4.13. The standard InChI is InChI=1S/C21H21NO2S/c1-24-18-11-9-17(10-12-18)20(14-19-8-5-13-25-19)21(23)22-15-16-6-3-2-4-7-16/h2-13,20H,14-15H2,1H3,(H,22,23). The van der Waals surface area contributed by atoms with Crippen LogP contribution < -0.4 is 10.1 Å².